The normalized spacial score (nSPS) is 53.4. The van der Waals surface area contributed by atoms with E-state index in [1.807, 2.05) is 6.92 Å². The lowest BCUT2D eigenvalue weighted by atomic mass is 10.0. The molecule has 10 heavy (non-hydrogen) atoms. The van der Waals surface area contributed by atoms with Gasteiger partial charge in [-0.25, -0.2) is 0 Å². The molecule has 0 aromatic carbocycles. The Labute approximate surface area is 61.5 Å². The minimum atomic E-state index is -0.234. The van der Waals surface area contributed by atoms with Crippen LogP contribution in [0.1, 0.15) is 33.1 Å². The van der Waals surface area contributed by atoms with Crippen LogP contribution >= 0.6 is 0 Å². The Morgan fingerprint density at radius 3 is 2.80 bits per heavy atom. The molecule has 58 valence electrons. The van der Waals surface area contributed by atoms with Crippen molar-refractivity contribution in [3.8, 4) is 0 Å². The molecule has 2 heteroatoms. The third kappa shape index (κ3) is 0.867. The molecule has 2 rings (SSSR count). The van der Waals surface area contributed by atoms with Crippen molar-refractivity contribution in [1.29, 1.82) is 0 Å². The third-order valence-electron chi connectivity index (χ3n) is 2.48. The van der Waals surface area contributed by atoms with Gasteiger partial charge in [0.25, 0.3) is 0 Å². The molecule has 0 aromatic heterocycles. The first-order valence-corrected chi connectivity index (χ1v) is 4.05. The highest BCUT2D eigenvalue weighted by Crippen LogP contribution is 2.39. The Kier molecular flexibility index (Phi) is 1.29. The first-order chi connectivity index (χ1) is 4.70. The molecule has 2 saturated heterocycles. The van der Waals surface area contributed by atoms with Crippen LogP contribution < -0.4 is 0 Å². The zero-order valence-corrected chi connectivity index (χ0v) is 6.59. The third-order valence-corrected chi connectivity index (χ3v) is 2.48. The first kappa shape index (κ1) is 6.62. The van der Waals surface area contributed by atoms with Crippen LogP contribution in [0.25, 0.3) is 0 Å². The van der Waals surface area contributed by atoms with Crippen molar-refractivity contribution in [2.24, 2.45) is 0 Å². The van der Waals surface area contributed by atoms with Crippen LogP contribution in [-0.2, 0) is 9.47 Å². The lowest BCUT2D eigenvalue weighted by Gasteiger charge is -2.26. The quantitative estimate of drug-likeness (QED) is 0.512. The highest BCUT2D eigenvalue weighted by molar-refractivity contribution is 4.85. The number of fused-ring (bicyclic) bond motifs is 2. The van der Waals surface area contributed by atoms with Crippen LogP contribution in [-0.4, -0.2) is 18.0 Å². The highest BCUT2D eigenvalue weighted by atomic mass is 16.8. The molecule has 0 radical (unpaired) electrons. The van der Waals surface area contributed by atoms with Gasteiger partial charge in [0.15, 0.2) is 5.79 Å². The summed E-state index contributed by atoms with van der Waals surface area (Å²) >= 11 is 0. The standard InChI is InChI=1S/C8H14O2/c1-6-7-4-3-5-8(2,9-6)10-7/h6-7H,3-5H2,1-2H3/t6-,7+,8-/m0/s1. The molecule has 2 heterocycles. The average Bonchev–Trinajstić information content (AvgIpc) is 2.03. The molecule has 0 aromatic rings. The fourth-order valence-electron chi connectivity index (χ4n) is 1.95. The lowest BCUT2D eigenvalue weighted by molar-refractivity contribution is -0.178. The fraction of sp³-hybridized carbons (Fsp3) is 1.00. The molecule has 2 aliphatic rings. The molecule has 0 saturated carbocycles. The molecule has 2 bridgehead atoms. The molecule has 0 N–H and O–H groups in total. The van der Waals surface area contributed by atoms with Gasteiger partial charge in [0, 0.05) is 6.42 Å². The Morgan fingerprint density at radius 1 is 1.40 bits per heavy atom. The van der Waals surface area contributed by atoms with Gasteiger partial charge < -0.3 is 9.47 Å². The van der Waals surface area contributed by atoms with Crippen molar-refractivity contribution in [3.63, 3.8) is 0 Å². The molecule has 0 unspecified atom stereocenters. The SMILES string of the molecule is C[C@@H]1O[C@]2(C)CCC[C@H]1O2. The molecule has 0 aliphatic carbocycles. The summed E-state index contributed by atoms with van der Waals surface area (Å²) < 4.78 is 11.3. The first-order valence-electron chi connectivity index (χ1n) is 4.05. The Balaban J connectivity index is 2.16. The van der Waals surface area contributed by atoms with E-state index < -0.39 is 0 Å². The maximum absolute atomic E-state index is 5.67. The van der Waals surface area contributed by atoms with E-state index in [9.17, 15) is 0 Å². The molecule has 3 atom stereocenters. The predicted octanol–water partition coefficient (Wildman–Crippen LogP) is 1.69. The van der Waals surface area contributed by atoms with E-state index in [1.165, 1.54) is 12.8 Å². The van der Waals surface area contributed by atoms with Crippen molar-refractivity contribution >= 4 is 0 Å². The van der Waals surface area contributed by atoms with Crippen molar-refractivity contribution < 1.29 is 9.47 Å². The number of hydrogen-bond acceptors (Lipinski definition) is 2. The van der Waals surface area contributed by atoms with E-state index in [4.69, 9.17) is 9.47 Å². The average molecular weight is 142 g/mol. The molecule has 2 aliphatic heterocycles. The molecular weight excluding hydrogens is 128 g/mol. The van der Waals surface area contributed by atoms with Gasteiger partial charge in [-0.3, -0.25) is 0 Å². The van der Waals surface area contributed by atoms with E-state index in [1.54, 1.807) is 0 Å². The number of rotatable bonds is 0. The Hall–Kier alpha value is -0.0800. The van der Waals surface area contributed by atoms with Gasteiger partial charge in [0.05, 0.1) is 12.2 Å². The number of hydrogen-bond donors (Lipinski definition) is 0. The maximum atomic E-state index is 5.67. The molecule has 0 amide bonds. The summed E-state index contributed by atoms with van der Waals surface area (Å²) in [7, 11) is 0. The van der Waals surface area contributed by atoms with Crippen molar-refractivity contribution in [2.75, 3.05) is 0 Å². The van der Waals surface area contributed by atoms with E-state index >= 15 is 0 Å². The van der Waals surface area contributed by atoms with Gasteiger partial charge in [-0.1, -0.05) is 0 Å². The fourth-order valence-corrected chi connectivity index (χ4v) is 1.95. The lowest BCUT2D eigenvalue weighted by Crippen LogP contribution is -2.30. The maximum Gasteiger partial charge on any atom is 0.166 e. The van der Waals surface area contributed by atoms with E-state index in [0.717, 1.165) is 6.42 Å². The zero-order valence-electron chi connectivity index (χ0n) is 6.59. The summed E-state index contributed by atoms with van der Waals surface area (Å²) in [6, 6.07) is 0. The Morgan fingerprint density at radius 2 is 2.20 bits per heavy atom. The monoisotopic (exact) mass is 142 g/mol. The smallest absolute Gasteiger partial charge is 0.166 e. The zero-order chi connectivity index (χ0) is 7.19. The summed E-state index contributed by atoms with van der Waals surface area (Å²) in [5.74, 6) is -0.234. The minimum absolute atomic E-state index is 0.234. The van der Waals surface area contributed by atoms with E-state index in [-0.39, 0.29) is 5.79 Å². The molecule has 0 spiro atoms. The van der Waals surface area contributed by atoms with Gasteiger partial charge in [0.2, 0.25) is 0 Å². The second-order valence-corrected chi connectivity index (χ2v) is 3.51. The second kappa shape index (κ2) is 1.95. The summed E-state index contributed by atoms with van der Waals surface area (Å²) in [4.78, 5) is 0. The minimum Gasteiger partial charge on any atom is -0.345 e. The highest BCUT2D eigenvalue weighted by Gasteiger charge is 2.44. The summed E-state index contributed by atoms with van der Waals surface area (Å²) in [5, 5.41) is 0. The van der Waals surface area contributed by atoms with Crippen molar-refractivity contribution in [3.05, 3.63) is 0 Å². The van der Waals surface area contributed by atoms with Gasteiger partial charge in [-0.15, -0.1) is 0 Å². The topological polar surface area (TPSA) is 18.5 Å². The molecule has 2 fully saturated rings. The van der Waals surface area contributed by atoms with Crippen molar-refractivity contribution in [2.45, 2.75) is 51.1 Å². The van der Waals surface area contributed by atoms with Crippen LogP contribution in [0.2, 0.25) is 0 Å². The molecular formula is C8H14O2. The van der Waals surface area contributed by atoms with E-state index in [0.29, 0.717) is 12.2 Å². The summed E-state index contributed by atoms with van der Waals surface area (Å²) in [5.41, 5.74) is 0. The van der Waals surface area contributed by atoms with Crippen molar-refractivity contribution in [1.82, 2.24) is 0 Å². The Bertz CT molecular complexity index is 142. The van der Waals surface area contributed by atoms with Crippen LogP contribution in [0.3, 0.4) is 0 Å². The van der Waals surface area contributed by atoms with Crippen LogP contribution in [0.4, 0.5) is 0 Å². The van der Waals surface area contributed by atoms with Gasteiger partial charge in [-0.05, 0) is 26.7 Å². The number of ether oxygens (including phenoxy) is 2. The summed E-state index contributed by atoms with van der Waals surface area (Å²) in [6.45, 7) is 4.14. The largest absolute Gasteiger partial charge is 0.345 e. The summed E-state index contributed by atoms with van der Waals surface area (Å²) in [6.07, 6.45) is 4.18. The molecule has 2 nitrogen and oxygen atoms in total. The van der Waals surface area contributed by atoms with Crippen LogP contribution in [0.15, 0.2) is 0 Å². The van der Waals surface area contributed by atoms with E-state index in [2.05, 4.69) is 6.92 Å². The van der Waals surface area contributed by atoms with Crippen LogP contribution in [0.5, 0.6) is 0 Å². The van der Waals surface area contributed by atoms with Crippen LogP contribution in [0, 0.1) is 0 Å². The predicted molar refractivity (Wildman–Crippen MR) is 37.7 cm³/mol. The van der Waals surface area contributed by atoms with Gasteiger partial charge in [-0.2, -0.15) is 0 Å². The van der Waals surface area contributed by atoms with Gasteiger partial charge >= 0.3 is 0 Å². The second-order valence-electron chi connectivity index (χ2n) is 3.51. The van der Waals surface area contributed by atoms with Gasteiger partial charge in [0.1, 0.15) is 0 Å².